The molecule has 0 aliphatic carbocycles. The summed E-state index contributed by atoms with van der Waals surface area (Å²) in [5.41, 5.74) is 3.82. The molecule has 0 saturated carbocycles. The van der Waals surface area contributed by atoms with E-state index in [9.17, 15) is 0 Å². The molecule has 0 fully saturated rings. The fraction of sp³-hybridized carbons (Fsp3) is 0.0714. The Kier molecular flexibility index (Phi) is 2.94. The lowest BCUT2D eigenvalue weighted by molar-refractivity contribution is 1.41. The van der Waals surface area contributed by atoms with Crippen LogP contribution in [-0.2, 0) is 0 Å². The minimum absolute atomic E-state index is 0.674. The first-order valence-corrected chi connectivity index (χ1v) is 5.36. The number of aryl methyl sites for hydroxylation is 1. The maximum Gasteiger partial charge on any atom is 0.0991 e. The van der Waals surface area contributed by atoms with Gasteiger partial charge in [0, 0.05) is 10.6 Å². The quantitative estimate of drug-likeness (QED) is 0.717. The first kappa shape index (κ1) is 10.7. The molecule has 0 aliphatic rings. The molecule has 0 N–H and O–H groups in total. The van der Waals surface area contributed by atoms with E-state index < -0.39 is 0 Å². The summed E-state index contributed by atoms with van der Waals surface area (Å²) in [6.45, 7) is 1.99. The molecule has 16 heavy (non-hydrogen) atoms. The Hall–Kier alpha value is -1.78. The van der Waals surface area contributed by atoms with Crippen LogP contribution >= 0.6 is 11.6 Å². The number of nitriles is 1. The molecule has 0 saturated heterocycles. The first-order chi connectivity index (χ1) is 7.72. The third-order valence-corrected chi connectivity index (χ3v) is 2.85. The van der Waals surface area contributed by atoms with Gasteiger partial charge < -0.3 is 0 Å². The molecule has 0 bridgehead atoms. The zero-order chi connectivity index (χ0) is 11.5. The van der Waals surface area contributed by atoms with Crippen LogP contribution in [0, 0.1) is 18.3 Å². The van der Waals surface area contributed by atoms with Crippen LogP contribution in [0.25, 0.3) is 11.1 Å². The Bertz CT molecular complexity index is 567. The second kappa shape index (κ2) is 4.38. The number of rotatable bonds is 1. The highest BCUT2D eigenvalue weighted by atomic mass is 35.5. The highest BCUT2D eigenvalue weighted by Crippen LogP contribution is 2.30. The van der Waals surface area contributed by atoms with E-state index in [1.54, 1.807) is 0 Å². The molecule has 0 heterocycles. The van der Waals surface area contributed by atoms with E-state index in [0.717, 1.165) is 21.7 Å². The Morgan fingerprint density at radius 1 is 1.06 bits per heavy atom. The molecule has 0 spiro atoms. The van der Waals surface area contributed by atoms with Gasteiger partial charge in [0.25, 0.3) is 0 Å². The number of halogens is 1. The topological polar surface area (TPSA) is 23.8 Å². The van der Waals surface area contributed by atoms with E-state index in [4.69, 9.17) is 16.9 Å². The van der Waals surface area contributed by atoms with Crippen molar-refractivity contribution in [2.24, 2.45) is 0 Å². The smallest absolute Gasteiger partial charge is 0.0991 e. The lowest BCUT2D eigenvalue weighted by Crippen LogP contribution is -1.85. The summed E-state index contributed by atoms with van der Waals surface area (Å²) in [6, 6.07) is 15.5. The van der Waals surface area contributed by atoms with E-state index in [1.165, 1.54) is 0 Å². The molecule has 2 aromatic rings. The van der Waals surface area contributed by atoms with Crippen LogP contribution < -0.4 is 0 Å². The second-order valence-corrected chi connectivity index (χ2v) is 4.03. The number of benzene rings is 2. The summed E-state index contributed by atoms with van der Waals surface area (Å²) in [4.78, 5) is 0. The lowest BCUT2D eigenvalue weighted by Gasteiger charge is -2.07. The molecule has 0 aliphatic heterocycles. The molecule has 2 rings (SSSR count). The van der Waals surface area contributed by atoms with Crippen LogP contribution in [0.2, 0.25) is 5.02 Å². The van der Waals surface area contributed by atoms with Crippen molar-refractivity contribution in [1.29, 1.82) is 5.26 Å². The highest BCUT2D eigenvalue weighted by molar-refractivity contribution is 6.33. The SMILES string of the molecule is Cc1cc(C#N)ccc1-c1ccccc1Cl. The largest absolute Gasteiger partial charge is 0.192 e. The summed E-state index contributed by atoms with van der Waals surface area (Å²) in [7, 11) is 0. The fourth-order valence-electron chi connectivity index (χ4n) is 1.72. The van der Waals surface area contributed by atoms with Crippen molar-refractivity contribution in [2.45, 2.75) is 6.92 Å². The van der Waals surface area contributed by atoms with E-state index in [-0.39, 0.29) is 0 Å². The summed E-state index contributed by atoms with van der Waals surface area (Å²) >= 11 is 6.14. The molecule has 0 unspecified atom stereocenters. The number of hydrogen-bond acceptors (Lipinski definition) is 1. The molecular weight excluding hydrogens is 218 g/mol. The van der Waals surface area contributed by atoms with Crippen molar-refractivity contribution in [3.8, 4) is 17.2 Å². The summed E-state index contributed by atoms with van der Waals surface area (Å²) in [5, 5.41) is 9.53. The van der Waals surface area contributed by atoms with E-state index in [0.29, 0.717) is 5.56 Å². The van der Waals surface area contributed by atoms with Gasteiger partial charge in [-0.05, 0) is 36.2 Å². The van der Waals surface area contributed by atoms with E-state index in [1.807, 2.05) is 49.4 Å². The van der Waals surface area contributed by atoms with Gasteiger partial charge in [-0.15, -0.1) is 0 Å². The van der Waals surface area contributed by atoms with Gasteiger partial charge in [0.2, 0.25) is 0 Å². The van der Waals surface area contributed by atoms with Crippen LogP contribution in [-0.4, -0.2) is 0 Å². The van der Waals surface area contributed by atoms with Gasteiger partial charge in [-0.3, -0.25) is 0 Å². The number of hydrogen-bond donors (Lipinski definition) is 0. The Balaban J connectivity index is 2.58. The molecule has 1 nitrogen and oxygen atoms in total. The van der Waals surface area contributed by atoms with Crippen LogP contribution in [0.1, 0.15) is 11.1 Å². The second-order valence-electron chi connectivity index (χ2n) is 3.62. The highest BCUT2D eigenvalue weighted by Gasteiger charge is 2.05. The predicted molar refractivity (Wildman–Crippen MR) is 66.3 cm³/mol. The molecule has 0 amide bonds. The van der Waals surface area contributed by atoms with Gasteiger partial charge in [0.15, 0.2) is 0 Å². The average molecular weight is 228 g/mol. The van der Waals surface area contributed by atoms with Crippen LogP contribution in [0.15, 0.2) is 42.5 Å². The van der Waals surface area contributed by atoms with Gasteiger partial charge in [-0.2, -0.15) is 5.26 Å². The van der Waals surface area contributed by atoms with Gasteiger partial charge in [0.05, 0.1) is 11.6 Å². The van der Waals surface area contributed by atoms with Crippen molar-refractivity contribution in [1.82, 2.24) is 0 Å². The van der Waals surface area contributed by atoms with Gasteiger partial charge in [0.1, 0.15) is 0 Å². The third-order valence-electron chi connectivity index (χ3n) is 2.52. The van der Waals surface area contributed by atoms with Crippen molar-refractivity contribution in [3.63, 3.8) is 0 Å². The third kappa shape index (κ3) is 1.93. The average Bonchev–Trinajstić information content (AvgIpc) is 2.30. The maximum absolute atomic E-state index is 8.80. The summed E-state index contributed by atoms with van der Waals surface area (Å²) < 4.78 is 0. The van der Waals surface area contributed by atoms with Crippen molar-refractivity contribution in [3.05, 3.63) is 58.6 Å². The van der Waals surface area contributed by atoms with Crippen molar-refractivity contribution >= 4 is 11.6 Å². The minimum atomic E-state index is 0.674. The van der Waals surface area contributed by atoms with Gasteiger partial charge >= 0.3 is 0 Å². The Morgan fingerprint density at radius 2 is 1.81 bits per heavy atom. The molecule has 2 heteroatoms. The zero-order valence-corrected chi connectivity index (χ0v) is 9.62. The Morgan fingerprint density at radius 3 is 2.44 bits per heavy atom. The maximum atomic E-state index is 8.80. The predicted octanol–water partition coefficient (Wildman–Crippen LogP) is 4.19. The van der Waals surface area contributed by atoms with Gasteiger partial charge in [-0.1, -0.05) is 35.9 Å². The van der Waals surface area contributed by atoms with Gasteiger partial charge in [-0.25, -0.2) is 0 Å². The molecule has 78 valence electrons. The van der Waals surface area contributed by atoms with Crippen molar-refractivity contribution in [2.75, 3.05) is 0 Å². The van der Waals surface area contributed by atoms with Crippen LogP contribution in [0.5, 0.6) is 0 Å². The first-order valence-electron chi connectivity index (χ1n) is 4.98. The summed E-state index contributed by atoms with van der Waals surface area (Å²) in [5.74, 6) is 0. The van der Waals surface area contributed by atoms with Crippen LogP contribution in [0.4, 0.5) is 0 Å². The lowest BCUT2D eigenvalue weighted by atomic mass is 9.99. The number of nitrogens with zero attached hydrogens (tertiary/aromatic N) is 1. The molecule has 0 aromatic heterocycles. The molecular formula is C14H10ClN. The van der Waals surface area contributed by atoms with Crippen LogP contribution in [0.3, 0.4) is 0 Å². The van der Waals surface area contributed by atoms with E-state index in [2.05, 4.69) is 6.07 Å². The van der Waals surface area contributed by atoms with Crippen molar-refractivity contribution < 1.29 is 0 Å². The molecule has 0 atom stereocenters. The molecule has 2 aromatic carbocycles. The fourth-order valence-corrected chi connectivity index (χ4v) is 1.95. The van der Waals surface area contributed by atoms with E-state index >= 15 is 0 Å². The summed E-state index contributed by atoms with van der Waals surface area (Å²) in [6.07, 6.45) is 0. The monoisotopic (exact) mass is 227 g/mol. The Labute approximate surface area is 99.9 Å². The zero-order valence-electron chi connectivity index (χ0n) is 8.87. The molecule has 0 radical (unpaired) electrons. The minimum Gasteiger partial charge on any atom is -0.192 e. The normalized spacial score (nSPS) is 9.81. The standard InChI is InChI=1S/C14H10ClN/c1-10-8-11(9-16)6-7-12(10)13-4-2-3-5-14(13)15/h2-8H,1H3.